The van der Waals surface area contributed by atoms with Gasteiger partial charge < -0.3 is 5.73 Å². The smallest absolute Gasteiger partial charge is 0.106 e. The molecule has 1 aromatic heterocycles. The van der Waals surface area contributed by atoms with E-state index in [9.17, 15) is 0 Å². The van der Waals surface area contributed by atoms with Gasteiger partial charge in [-0.3, -0.25) is 4.98 Å². The third-order valence-electron chi connectivity index (χ3n) is 0.451. The van der Waals surface area contributed by atoms with Crippen LogP contribution >= 0.6 is 23.7 Å². The second-order valence-electron chi connectivity index (χ2n) is 0.904. The van der Waals surface area contributed by atoms with Gasteiger partial charge in [0.15, 0.2) is 0 Å². The van der Waals surface area contributed by atoms with Crippen molar-refractivity contribution in [3.8, 4) is 0 Å². The first kappa shape index (κ1) is 6.72. The number of nitrogen functional groups attached to an aromatic ring is 1. The van der Waals surface area contributed by atoms with Crippen molar-refractivity contribution < 1.29 is 0 Å². The van der Waals surface area contributed by atoms with Crippen LogP contribution in [0, 0.1) is 0 Å². The zero-order valence-corrected chi connectivity index (χ0v) is 5.13. The molecule has 0 amide bonds. The Labute approximate surface area is 51.8 Å². The normalized spacial score (nSPS) is 7.43. The highest BCUT2D eigenvalue weighted by atomic mass is 35.5. The van der Waals surface area contributed by atoms with E-state index < -0.39 is 0 Å². The number of hydrogen-bond acceptors (Lipinski definition) is 3. The topological polar surface area (TPSA) is 38.9 Å². The Morgan fingerprint density at radius 1 is 1.71 bits per heavy atom. The third-order valence-corrected chi connectivity index (χ3v) is 1.06. The van der Waals surface area contributed by atoms with Crippen LogP contribution in [0.25, 0.3) is 0 Å². The maximum absolute atomic E-state index is 5.23. The molecule has 0 aliphatic carbocycles. The number of aromatic nitrogens is 1. The molecule has 0 aliphatic rings. The van der Waals surface area contributed by atoms with Gasteiger partial charge in [0.2, 0.25) is 0 Å². The van der Waals surface area contributed by atoms with Crippen molar-refractivity contribution >= 4 is 28.7 Å². The van der Waals surface area contributed by atoms with Crippen LogP contribution in [0.3, 0.4) is 0 Å². The molecular weight excluding hydrogens is 132 g/mol. The molecule has 2 N–H and O–H groups in total. The number of nitrogens with two attached hydrogens (primary N) is 1. The summed E-state index contributed by atoms with van der Waals surface area (Å²) in [6.45, 7) is 0. The highest BCUT2D eigenvalue weighted by molar-refractivity contribution is 7.13. The van der Waals surface area contributed by atoms with Crippen molar-refractivity contribution in [1.82, 2.24) is 4.98 Å². The van der Waals surface area contributed by atoms with E-state index in [0.717, 1.165) is 5.00 Å². The van der Waals surface area contributed by atoms with E-state index in [-0.39, 0.29) is 12.4 Å². The zero-order chi connectivity index (χ0) is 4.41. The molecule has 0 radical (unpaired) electrons. The van der Waals surface area contributed by atoms with Crippen LogP contribution in [0.1, 0.15) is 0 Å². The van der Waals surface area contributed by atoms with Crippen molar-refractivity contribution in [2.45, 2.75) is 0 Å². The minimum absolute atomic E-state index is 0. The molecule has 0 spiro atoms. The summed E-state index contributed by atoms with van der Waals surface area (Å²) < 4.78 is 0. The van der Waals surface area contributed by atoms with Gasteiger partial charge in [0.05, 0.1) is 11.7 Å². The van der Waals surface area contributed by atoms with E-state index in [1.165, 1.54) is 11.3 Å². The molecule has 0 atom stereocenters. The largest absolute Gasteiger partial charge is 0.389 e. The molecular formula is C3H5ClN2S. The molecule has 0 saturated heterocycles. The van der Waals surface area contributed by atoms with Gasteiger partial charge in [-0.05, 0) is 0 Å². The van der Waals surface area contributed by atoms with Gasteiger partial charge in [-0.15, -0.1) is 23.7 Å². The molecule has 0 unspecified atom stereocenters. The number of hydrogen-bond donors (Lipinski definition) is 1. The number of nitrogens with zero attached hydrogens (tertiary/aromatic N) is 1. The van der Waals surface area contributed by atoms with Crippen LogP contribution in [0.2, 0.25) is 0 Å². The number of halogens is 1. The predicted molar refractivity (Wildman–Crippen MR) is 33.8 cm³/mol. The lowest BCUT2D eigenvalue weighted by molar-refractivity contribution is 1.43. The van der Waals surface area contributed by atoms with E-state index >= 15 is 0 Å². The molecule has 0 saturated carbocycles. The molecule has 1 heterocycles. The monoisotopic (exact) mass is 136 g/mol. The fourth-order valence-corrected chi connectivity index (χ4v) is 0.591. The standard InChI is InChI=1S/C3H4N2S.ClH/c4-3-1-5-2-6-3;/h1-2H,4H2;1H. The van der Waals surface area contributed by atoms with E-state index in [4.69, 9.17) is 5.73 Å². The molecule has 0 fully saturated rings. The summed E-state index contributed by atoms with van der Waals surface area (Å²) in [6.07, 6.45) is 1.63. The summed E-state index contributed by atoms with van der Waals surface area (Å²) in [5.74, 6) is 0. The molecule has 0 aromatic carbocycles. The van der Waals surface area contributed by atoms with Crippen molar-refractivity contribution in [2.24, 2.45) is 0 Å². The van der Waals surface area contributed by atoms with E-state index in [0.29, 0.717) is 0 Å². The zero-order valence-electron chi connectivity index (χ0n) is 3.50. The van der Waals surface area contributed by atoms with Crippen molar-refractivity contribution in [2.75, 3.05) is 5.73 Å². The summed E-state index contributed by atoms with van der Waals surface area (Å²) in [7, 11) is 0. The lowest BCUT2D eigenvalue weighted by atomic mass is 10.9. The number of anilines is 1. The molecule has 0 bridgehead atoms. The van der Waals surface area contributed by atoms with Gasteiger partial charge in [0.1, 0.15) is 5.00 Å². The van der Waals surface area contributed by atoms with Crippen molar-refractivity contribution in [1.29, 1.82) is 0 Å². The van der Waals surface area contributed by atoms with Crippen LogP contribution < -0.4 is 5.73 Å². The van der Waals surface area contributed by atoms with Crippen molar-refractivity contribution in [3.63, 3.8) is 0 Å². The molecule has 7 heavy (non-hydrogen) atoms. The van der Waals surface area contributed by atoms with E-state index in [1.54, 1.807) is 11.7 Å². The van der Waals surface area contributed by atoms with Crippen LogP contribution in [0.5, 0.6) is 0 Å². The fourth-order valence-electron chi connectivity index (χ4n) is 0.226. The highest BCUT2D eigenvalue weighted by Gasteiger charge is 1.76. The number of thiazole rings is 1. The third kappa shape index (κ3) is 1.75. The van der Waals surface area contributed by atoms with Crippen LogP contribution in [-0.4, -0.2) is 4.98 Å². The highest BCUT2D eigenvalue weighted by Crippen LogP contribution is 2.04. The molecule has 1 aromatic rings. The average molecular weight is 137 g/mol. The Kier molecular flexibility index (Phi) is 2.71. The van der Waals surface area contributed by atoms with Crippen molar-refractivity contribution in [3.05, 3.63) is 11.7 Å². The molecule has 40 valence electrons. The molecule has 4 heteroatoms. The Morgan fingerprint density at radius 3 is 2.57 bits per heavy atom. The molecule has 2 nitrogen and oxygen atoms in total. The Bertz CT molecular complexity index is 116. The quantitative estimate of drug-likeness (QED) is 0.581. The lowest BCUT2D eigenvalue weighted by Crippen LogP contribution is -1.73. The van der Waals surface area contributed by atoms with Gasteiger partial charge in [-0.1, -0.05) is 0 Å². The average Bonchev–Trinajstić information content (AvgIpc) is 1.86. The maximum atomic E-state index is 5.23. The summed E-state index contributed by atoms with van der Waals surface area (Å²) in [5, 5.41) is 0.773. The first-order chi connectivity index (χ1) is 2.89. The SMILES string of the molecule is Cl.Nc1cncs1. The van der Waals surface area contributed by atoms with Gasteiger partial charge in [-0.2, -0.15) is 0 Å². The fraction of sp³-hybridized carbons (Fsp3) is 0. The van der Waals surface area contributed by atoms with Gasteiger partial charge in [-0.25, -0.2) is 0 Å². The molecule has 1 rings (SSSR count). The predicted octanol–water partition coefficient (Wildman–Crippen LogP) is 1.15. The van der Waals surface area contributed by atoms with Gasteiger partial charge >= 0.3 is 0 Å². The van der Waals surface area contributed by atoms with Gasteiger partial charge in [0, 0.05) is 0 Å². The van der Waals surface area contributed by atoms with E-state index in [2.05, 4.69) is 4.98 Å². The summed E-state index contributed by atoms with van der Waals surface area (Å²) in [6, 6.07) is 0. The summed E-state index contributed by atoms with van der Waals surface area (Å²) >= 11 is 1.44. The lowest BCUT2D eigenvalue weighted by Gasteiger charge is -1.66. The molecule has 0 aliphatic heterocycles. The Balaban J connectivity index is 0.000000360. The minimum Gasteiger partial charge on any atom is -0.389 e. The maximum Gasteiger partial charge on any atom is 0.106 e. The summed E-state index contributed by atoms with van der Waals surface area (Å²) in [4.78, 5) is 3.72. The number of rotatable bonds is 0. The first-order valence-electron chi connectivity index (χ1n) is 1.53. The summed E-state index contributed by atoms with van der Waals surface area (Å²) in [5.41, 5.74) is 6.94. The first-order valence-corrected chi connectivity index (χ1v) is 2.41. The van der Waals surface area contributed by atoms with Crippen LogP contribution in [0.4, 0.5) is 5.00 Å². The van der Waals surface area contributed by atoms with E-state index in [1.807, 2.05) is 0 Å². The van der Waals surface area contributed by atoms with Crippen LogP contribution in [0.15, 0.2) is 11.7 Å². The second kappa shape index (κ2) is 2.82. The minimum atomic E-state index is 0. The van der Waals surface area contributed by atoms with Gasteiger partial charge in [0.25, 0.3) is 0 Å². The van der Waals surface area contributed by atoms with Crippen LogP contribution in [-0.2, 0) is 0 Å². The second-order valence-corrected chi connectivity index (χ2v) is 1.82. The Hall–Kier alpha value is -0.280. The Morgan fingerprint density at radius 2 is 2.43 bits per heavy atom.